The van der Waals surface area contributed by atoms with E-state index in [9.17, 15) is 0 Å². The second-order valence-corrected chi connectivity index (χ2v) is 4.77. The summed E-state index contributed by atoms with van der Waals surface area (Å²) in [7, 11) is 0. The minimum Gasteiger partial charge on any atom is -0.209 e. The summed E-state index contributed by atoms with van der Waals surface area (Å²) < 4.78 is 3.94. The maximum Gasteiger partial charge on any atom is 0.234 e. The number of nitrogens with zero attached hydrogens (tertiary/aromatic N) is 2. The summed E-state index contributed by atoms with van der Waals surface area (Å²) in [6, 6.07) is 0. The standard InChI is InChI=1S/C7H9ClN2S/c1-7(2)3-4(7)5-9-6(8)10-11-5/h4H,3H2,1-2H3. The number of halogens is 1. The Hall–Kier alpha value is -0.150. The van der Waals surface area contributed by atoms with E-state index in [2.05, 4.69) is 23.2 Å². The molecule has 2 nitrogen and oxygen atoms in total. The summed E-state index contributed by atoms with van der Waals surface area (Å²) >= 11 is 7.04. The second-order valence-electron chi connectivity index (χ2n) is 3.65. The van der Waals surface area contributed by atoms with Crippen molar-refractivity contribution in [1.82, 2.24) is 9.36 Å². The van der Waals surface area contributed by atoms with Crippen molar-refractivity contribution in [3.63, 3.8) is 0 Å². The molecular weight excluding hydrogens is 180 g/mol. The van der Waals surface area contributed by atoms with Crippen molar-refractivity contribution in [2.45, 2.75) is 26.2 Å². The van der Waals surface area contributed by atoms with Gasteiger partial charge in [0.25, 0.3) is 0 Å². The van der Waals surface area contributed by atoms with E-state index in [1.54, 1.807) is 0 Å². The normalized spacial score (nSPS) is 27.0. The van der Waals surface area contributed by atoms with Crippen LogP contribution in [0.25, 0.3) is 0 Å². The molecule has 0 radical (unpaired) electrons. The molecule has 11 heavy (non-hydrogen) atoms. The first-order valence-electron chi connectivity index (χ1n) is 3.59. The maximum atomic E-state index is 5.61. The first kappa shape index (κ1) is 7.50. The molecule has 4 heteroatoms. The highest BCUT2D eigenvalue weighted by atomic mass is 35.5. The Morgan fingerprint density at radius 2 is 2.27 bits per heavy atom. The molecule has 0 aliphatic heterocycles. The lowest BCUT2D eigenvalue weighted by atomic mass is 10.1. The van der Waals surface area contributed by atoms with Gasteiger partial charge in [0.15, 0.2) is 0 Å². The summed E-state index contributed by atoms with van der Waals surface area (Å²) in [4.78, 5) is 4.14. The van der Waals surface area contributed by atoms with E-state index in [1.807, 2.05) is 0 Å². The lowest BCUT2D eigenvalue weighted by Gasteiger charge is -1.96. The predicted octanol–water partition coefficient (Wildman–Crippen LogP) is 2.71. The third-order valence-electron chi connectivity index (χ3n) is 2.23. The molecule has 1 unspecified atom stereocenters. The summed E-state index contributed by atoms with van der Waals surface area (Å²) in [6.07, 6.45) is 1.22. The monoisotopic (exact) mass is 188 g/mol. The van der Waals surface area contributed by atoms with E-state index in [0.29, 0.717) is 16.6 Å². The summed E-state index contributed by atoms with van der Waals surface area (Å²) in [5.41, 5.74) is 0.433. The number of aromatic nitrogens is 2. The fourth-order valence-electron chi connectivity index (χ4n) is 1.25. The van der Waals surface area contributed by atoms with Crippen LogP contribution in [0.4, 0.5) is 0 Å². The van der Waals surface area contributed by atoms with Crippen molar-refractivity contribution >= 4 is 23.1 Å². The van der Waals surface area contributed by atoms with E-state index >= 15 is 0 Å². The molecule has 1 fully saturated rings. The van der Waals surface area contributed by atoms with Gasteiger partial charge >= 0.3 is 0 Å². The summed E-state index contributed by atoms with van der Waals surface area (Å²) in [6.45, 7) is 4.49. The van der Waals surface area contributed by atoms with Crippen LogP contribution in [0.2, 0.25) is 5.28 Å². The van der Waals surface area contributed by atoms with Gasteiger partial charge < -0.3 is 0 Å². The smallest absolute Gasteiger partial charge is 0.209 e. The lowest BCUT2D eigenvalue weighted by Crippen LogP contribution is -1.88. The molecule has 0 N–H and O–H groups in total. The van der Waals surface area contributed by atoms with Crippen LogP contribution in [0.3, 0.4) is 0 Å². The molecule has 1 atom stereocenters. The second kappa shape index (κ2) is 2.17. The SMILES string of the molecule is CC1(C)CC1c1nc(Cl)ns1. The molecule has 1 aliphatic carbocycles. The van der Waals surface area contributed by atoms with Crippen molar-refractivity contribution in [3.8, 4) is 0 Å². The van der Waals surface area contributed by atoms with Gasteiger partial charge in [0.2, 0.25) is 5.28 Å². The van der Waals surface area contributed by atoms with Gasteiger partial charge in [0.1, 0.15) is 5.01 Å². The van der Waals surface area contributed by atoms with Crippen LogP contribution in [0, 0.1) is 5.41 Å². The Morgan fingerprint density at radius 1 is 1.64 bits per heavy atom. The molecule has 60 valence electrons. The molecule has 0 spiro atoms. The predicted molar refractivity (Wildman–Crippen MR) is 46.1 cm³/mol. The average Bonchev–Trinajstić information content (AvgIpc) is 2.39. The molecule has 0 aromatic carbocycles. The molecule has 2 rings (SSSR count). The zero-order chi connectivity index (χ0) is 8.06. The fraction of sp³-hybridized carbons (Fsp3) is 0.714. The van der Waals surface area contributed by atoms with E-state index in [1.165, 1.54) is 18.0 Å². The van der Waals surface area contributed by atoms with Crippen molar-refractivity contribution in [2.75, 3.05) is 0 Å². The zero-order valence-electron chi connectivity index (χ0n) is 6.47. The minimum atomic E-state index is 0.396. The van der Waals surface area contributed by atoms with Crippen LogP contribution in [0.5, 0.6) is 0 Å². The van der Waals surface area contributed by atoms with Crippen molar-refractivity contribution in [2.24, 2.45) is 5.41 Å². The van der Waals surface area contributed by atoms with Crippen LogP contribution < -0.4 is 0 Å². The van der Waals surface area contributed by atoms with Gasteiger partial charge in [-0.1, -0.05) is 13.8 Å². The van der Waals surface area contributed by atoms with E-state index in [0.717, 1.165) is 5.01 Å². The molecule has 1 saturated carbocycles. The van der Waals surface area contributed by atoms with Gasteiger partial charge in [-0.05, 0) is 35.0 Å². The molecule has 1 aliphatic rings. The highest BCUT2D eigenvalue weighted by Gasteiger charge is 2.48. The molecule has 0 saturated heterocycles. The van der Waals surface area contributed by atoms with Gasteiger partial charge in [-0.3, -0.25) is 0 Å². The maximum absolute atomic E-state index is 5.61. The largest absolute Gasteiger partial charge is 0.234 e. The van der Waals surface area contributed by atoms with E-state index in [4.69, 9.17) is 11.6 Å². The number of rotatable bonds is 1. The Labute approximate surface area is 74.8 Å². The van der Waals surface area contributed by atoms with Gasteiger partial charge in [-0.2, -0.15) is 4.37 Å². The zero-order valence-corrected chi connectivity index (χ0v) is 8.04. The molecular formula is C7H9ClN2S. The van der Waals surface area contributed by atoms with Gasteiger partial charge in [-0.25, -0.2) is 4.98 Å². The van der Waals surface area contributed by atoms with E-state index < -0.39 is 0 Å². The Bertz CT molecular complexity index is 282. The average molecular weight is 189 g/mol. The topological polar surface area (TPSA) is 25.8 Å². The highest BCUT2D eigenvalue weighted by Crippen LogP contribution is 2.58. The quantitative estimate of drug-likeness (QED) is 0.678. The number of hydrogen-bond acceptors (Lipinski definition) is 3. The summed E-state index contributed by atoms with van der Waals surface area (Å²) in [5, 5.41) is 1.49. The Kier molecular flexibility index (Phi) is 1.48. The molecule has 1 heterocycles. The molecule has 1 aromatic heterocycles. The van der Waals surface area contributed by atoms with Crippen LogP contribution in [-0.4, -0.2) is 9.36 Å². The van der Waals surface area contributed by atoms with Crippen molar-refractivity contribution in [1.29, 1.82) is 0 Å². The molecule has 0 amide bonds. The van der Waals surface area contributed by atoms with Crippen LogP contribution in [-0.2, 0) is 0 Å². The Balaban J connectivity index is 2.20. The minimum absolute atomic E-state index is 0.396. The highest BCUT2D eigenvalue weighted by molar-refractivity contribution is 7.05. The van der Waals surface area contributed by atoms with Crippen molar-refractivity contribution < 1.29 is 0 Å². The lowest BCUT2D eigenvalue weighted by molar-refractivity contribution is 0.620. The molecule has 0 bridgehead atoms. The van der Waals surface area contributed by atoms with E-state index in [-0.39, 0.29) is 0 Å². The van der Waals surface area contributed by atoms with Crippen LogP contribution >= 0.6 is 23.1 Å². The third-order valence-corrected chi connectivity index (χ3v) is 3.32. The number of hydrogen-bond donors (Lipinski definition) is 0. The first-order chi connectivity index (χ1) is 5.09. The van der Waals surface area contributed by atoms with Gasteiger partial charge in [0, 0.05) is 5.92 Å². The van der Waals surface area contributed by atoms with Crippen molar-refractivity contribution in [3.05, 3.63) is 10.3 Å². The van der Waals surface area contributed by atoms with Gasteiger partial charge in [-0.15, -0.1) is 0 Å². The van der Waals surface area contributed by atoms with Crippen LogP contribution in [0.15, 0.2) is 0 Å². The molecule has 1 aromatic rings. The Morgan fingerprint density at radius 3 is 2.64 bits per heavy atom. The first-order valence-corrected chi connectivity index (χ1v) is 4.74. The van der Waals surface area contributed by atoms with Gasteiger partial charge in [0.05, 0.1) is 0 Å². The summed E-state index contributed by atoms with van der Waals surface area (Å²) in [5.74, 6) is 0.604. The fourth-order valence-corrected chi connectivity index (χ4v) is 2.36. The third kappa shape index (κ3) is 1.27. The van der Waals surface area contributed by atoms with Crippen LogP contribution in [0.1, 0.15) is 31.2 Å².